The fourth-order valence-electron chi connectivity index (χ4n) is 2.19. The van der Waals surface area contributed by atoms with Gasteiger partial charge in [0.25, 0.3) is 0 Å². The Kier molecular flexibility index (Phi) is 6.22. The molecule has 0 fully saturated rings. The number of sulfonamides is 1. The summed E-state index contributed by atoms with van der Waals surface area (Å²) in [5.41, 5.74) is 0.836. The van der Waals surface area contributed by atoms with Crippen molar-refractivity contribution in [2.24, 2.45) is 5.92 Å². The van der Waals surface area contributed by atoms with E-state index >= 15 is 0 Å². The van der Waals surface area contributed by atoms with Crippen LogP contribution in [-0.4, -0.2) is 25.4 Å². The number of carbonyl (C=O) groups excluding carboxylic acids is 1. The average Bonchev–Trinajstić information content (AvgIpc) is 2.58. The lowest BCUT2D eigenvalue weighted by molar-refractivity contribution is -0.123. The van der Waals surface area contributed by atoms with Gasteiger partial charge in [0.15, 0.2) is 0 Å². The Hall–Kier alpha value is -2.32. The van der Waals surface area contributed by atoms with Gasteiger partial charge in [0.2, 0.25) is 15.9 Å². The second-order valence-corrected chi connectivity index (χ2v) is 7.53. The number of rotatable bonds is 7. The molecule has 25 heavy (non-hydrogen) atoms. The summed E-state index contributed by atoms with van der Waals surface area (Å²) in [4.78, 5) is 15.8. The SMILES string of the molecule is CC(C)[C@H](NS(=O)(=O)c1ccccc1F)C(=O)NCc1ccncc1. The molecule has 0 saturated heterocycles. The monoisotopic (exact) mass is 365 g/mol. The van der Waals surface area contributed by atoms with Crippen LogP contribution in [0.15, 0.2) is 53.7 Å². The molecule has 0 saturated carbocycles. The Labute approximate surface area is 146 Å². The number of carbonyl (C=O) groups is 1. The predicted molar refractivity (Wildman–Crippen MR) is 91.4 cm³/mol. The van der Waals surface area contributed by atoms with Crippen LogP contribution in [0.4, 0.5) is 4.39 Å². The van der Waals surface area contributed by atoms with E-state index in [0.29, 0.717) is 0 Å². The quantitative estimate of drug-likeness (QED) is 0.784. The molecule has 0 aliphatic carbocycles. The van der Waals surface area contributed by atoms with Crippen LogP contribution in [0.1, 0.15) is 19.4 Å². The van der Waals surface area contributed by atoms with Crippen molar-refractivity contribution in [3.8, 4) is 0 Å². The molecule has 1 amide bonds. The fourth-order valence-corrected chi connectivity index (χ4v) is 3.61. The number of amides is 1. The molecule has 2 N–H and O–H groups in total. The first-order valence-electron chi connectivity index (χ1n) is 7.74. The van der Waals surface area contributed by atoms with Crippen LogP contribution >= 0.6 is 0 Å². The predicted octanol–water partition coefficient (Wildman–Crippen LogP) is 1.84. The maximum Gasteiger partial charge on any atom is 0.244 e. The largest absolute Gasteiger partial charge is 0.351 e. The summed E-state index contributed by atoms with van der Waals surface area (Å²) >= 11 is 0. The Morgan fingerprint density at radius 3 is 2.40 bits per heavy atom. The molecule has 2 rings (SSSR count). The highest BCUT2D eigenvalue weighted by molar-refractivity contribution is 7.89. The highest BCUT2D eigenvalue weighted by atomic mass is 32.2. The van der Waals surface area contributed by atoms with Gasteiger partial charge >= 0.3 is 0 Å². The van der Waals surface area contributed by atoms with Gasteiger partial charge in [0, 0.05) is 18.9 Å². The summed E-state index contributed by atoms with van der Waals surface area (Å²) in [5.74, 6) is -1.67. The third-order valence-electron chi connectivity index (χ3n) is 3.57. The standard InChI is InChI=1S/C17H20FN3O3S/c1-12(2)16(17(22)20-11-13-7-9-19-10-8-13)21-25(23,24)15-6-4-3-5-14(15)18/h3-10,12,16,21H,11H2,1-2H3,(H,20,22)/t16-/m0/s1. The van der Waals surface area contributed by atoms with E-state index in [4.69, 9.17) is 0 Å². The van der Waals surface area contributed by atoms with E-state index in [1.54, 1.807) is 38.4 Å². The van der Waals surface area contributed by atoms with E-state index in [1.807, 2.05) is 0 Å². The van der Waals surface area contributed by atoms with Crippen LogP contribution in [0.3, 0.4) is 0 Å². The molecule has 0 spiro atoms. The minimum absolute atomic E-state index is 0.242. The Balaban J connectivity index is 2.12. The molecule has 8 heteroatoms. The van der Waals surface area contributed by atoms with Gasteiger partial charge in [0.05, 0.1) is 0 Å². The topological polar surface area (TPSA) is 88.2 Å². The molecule has 6 nitrogen and oxygen atoms in total. The first kappa shape index (κ1) is 19.0. The van der Waals surface area contributed by atoms with Crippen molar-refractivity contribution >= 4 is 15.9 Å². The summed E-state index contributed by atoms with van der Waals surface area (Å²) in [6.45, 7) is 3.66. The van der Waals surface area contributed by atoms with Gasteiger partial charge < -0.3 is 5.32 Å². The summed E-state index contributed by atoms with van der Waals surface area (Å²) < 4.78 is 40.9. The number of hydrogen-bond donors (Lipinski definition) is 2. The van der Waals surface area contributed by atoms with Crippen LogP contribution in [0.25, 0.3) is 0 Å². The third kappa shape index (κ3) is 5.07. The van der Waals surface area contributed by atoms with Crippen molar-refractivity contribution in [2.75, 3.05) is 0 Å². The van der Waals surface area contributed by atoms with E-state index in [0.717, 1.165) is 17.7 Å². The Morgan fingerprint density at radius 1 is 1.16 bits per heavy atom. The third-order valence-corrected chi connectivity index (χ3v) is 5.05. The molecule has 1 aromatic carbocycles. The van der Waals surface area contributed by atoms with Crippen molar-refractivity contribution in [1.82, 2.24) is 15.0 Å². The lowest BCUT2D eigenvalue weighted by Crippen LogP contribution is -2.49. The van der Waals surface area contributed by atoms with Gasteiger partial charge in [-0.15, -0.1) is 0 Å². The highest BCUT2D eigenvalue weighted by Crippen LogP contribution is 2.15. The number of halogens is 1. The van der Waals surface area contributed by atoms with Crippen LogP contribution in [-0.2, 0) is 21.4 Å². The van der Waals surface area contributed by atoms with E-state index in [9.17, 15) is 17.6 Å². The van der Waals surface area contributed by atoms with Crippen molar-refractivity contribution in [3.63, 3.8) is 0 Å². The molecular formula is C17H20FN3O3S. The molecule has 0 radical (unpaired) electrons. The molecule has 0 bridgehead atoms. The van der Waals surface area contributed by atoms with Crippen LogP contribution in [0.5, 0.6) is 0 Å². The second-order valence-electron chi connectivity index (χ2n) is 5.85. The average molecular weight is 365 g/mol. The molecule has 2 aromatic rings. The van der Waals surface area contributed by atoms with E-state index in [-0.39, 0.29) is 12.5 Å². The van der Waals surface area contributed by atoms with E-state index in [2.05, 4.69) is 15.0 Å². The molecular weight excluding hydrogens is 345 g/mol. The van der Waals surface area contributed by atoms with Crippen LogP contribution in [0, 0.1) is 11.7 Å². The molecule has 1 atom stereocenters. The van der Waals surface area contributed by atoms with Gasteiger partial charge in [-0.3, -0.25) is 9.78 Å². The summed E-state index contributed by atoms with van der Waals surface area (Å²) in [6, 6.07) is 7.50. The first-order chi connectivity index (χ1) is 11.8. The zero-order valence-corrected chi connectivity index (χ0v) is 14.8. The van der Waals surface area contributed by atoms with E-state index in [1.165, 1.54) is 12.1 Å². The van der Waals surface area contributed by atoms with Crippen molar-refractivity contribution in [3.05, 3.63) is 60.2 Å². The number of pyridine rings is 1. The number of hydrogen-bond acceptors (Lipinski definition) is 4. The van der Waals surface area contributed by atoms with Gasteiger partial charge in [-0.1, -0.05) is 26.0 Å². The van der Waals surface area contributed by atoms with Crippen molar-refractivity contribution < 1.29 is 17.6 Å². The zero-order valence-electron chi connectivity index (χ0n) is 13.9. The van der Waals surface area contributed by atoms with Gasteiger partial charge in [-0.05, 0) is 35.7 Å². The summed E-state index contributed by atoms with van der Waals surface area (Å²) in [6.07, 6.45) is 3.20. The fraction of sp³-hybridized carbons (Fsp3) is 0.294. The number of aromatic nitrogens is 1. The zero-order chi connectivity index (χ0) is 18.4. The lowest BCUT2D eigenvalue weighted by atomic mass is 10.0. The van der Waals surface area contributed by atoms with Gasteiger partial charge in [0.1, 0.15) is 16.8 Å². The minimum atomic E-state index is -4.16. The van der Waals surface area contributed by atoms with Gasteiger partial charge in [-0.25, -0.2) is 12.8 Å². The molecule has 1 aromatic heterocycles. The second kappa shape index (κ2) is 8.17. The summed E-state index contributed by atoms with van der Waals surface area (Å²) in [5, 5.41) is 2.68. The smallest absolute Gasteiger partial charge is 0.244 e. The minimum Gasteiger partial charge on any atom is -0.351 e. The summed E-state index contributed by atoms with van der Waals surface area (Å²) in [7, 11) is -4.16. The normalized spacial score (nSPS) is 12.8. The maximum absolute atomic E-state index is 13.8. The Bertz CT molecular complexity index is 826. The first-order valence-corrected chi connectivity index (χ1v) is 9.23. The molecule has 134 valence electrons. The van der Waals surface area contributed by atoms with Crippen LogP contribution < -0.4 is 10.0 Å². The van der Waals surface area contributed by atoms with Gasteiger partial charge in [-0.2, -0.15) is 4.72 Å². The Morgan fingerprint density at radius 2 is 1.80 bits per heavy atom. The number of benzene rings is 1. The lowest BCUT2D eigenvalue weighted by Gasteiger charge is -2.21. The molecule has 0 aliphatic rings. The molecule has 0 unspecified atom stereocenters. The number of nitrogens with one attached hydrogen (secondary N) is 2. The maximum atomic E-state index is 13.8. The van der Waals surface area contributed by atoms with E-state index < -0.39 is 32.7 Å². The van der Waals surface area contributed by atoms with Crippen molar-refractivity contribution in [2.45, 2.75) is 31.3 Å². The number of nitrogens with zero attached hydrogens (tertiary/aromatic N) is 1. The highest BCUT2D eigenvalue weighted by Gasteiger charge is 2.29. The molecule has 1 heterocycles. The molecule has 0 aliphatic heterocycles. The van der Waals surface area contributed by atoms with Crippen LogP contribution in [0.2, 0.25) is 0 Å². The van der Waals surface area contributed by atoms with Crippen molar-refractivity contribution in [1.29, 1.82) is 0 Å².